The van der Waals surface area contributed by atoms with Crippen molar-refractivity contribution in [2.24, 2.45) is 0 Å². The number of nitrogens with zero attached hydrogens (tertiary/aromatic N) is 2. The summed E-state index contributed by atoms with van der Waals surface area (Å²) in [6.07, 6.45) is 1.77. The molecule has 2 saturated heterocycles. The average molecular weight is 370 g/mol. The van der Waals surface area contributed by atoms with Gasteiger partial charge < -0.3 is 14.7 Å². The van der Waals surface area contributed by atoms with Crippen molar-refractivity contribution in [1.82, 2.24) is 4.90 Å². The summed E-state index contributed by atoms with van der Waals surface area (Å²) in [7, 11) is 0. The quantitative estimate of drug-likeness (QED) is 0.641. The lowest BCUT2D eigenvalue weighted by atomic mass is 10.3. The van der Waals surface area contributed by atoms with Crippen LogP contribution in [-0.4, -0.2) is 59.1 Å². The lowest BCUT2D eigenvalue weighted by Crippen LogP contribution is -2.35. The predicted molar refractivity (Wildman–Crippen MR) is 94.9 cm³/mol. The minimum atomic E-state index is -1.08. The van der Waals surface area contributed by atoms with Crippen molar-refractivity contribution in [3.63, 3.8) is 0 Å². The first-order valence-electron chi connectivity index (χ1n) is 6.94. The molecular formula is C14H14N2O4S3. The maximum Gasteiger partial charge on any atom is 0.323 e. The molecular weight excluding hydrogens is 356 g/mol. The smallest absolute Gasteiger partial charge is 0.323 e. The normalized spacial score (nSPS) is 20.6. The van der Waals surface area contributed by atoms with Gasteiger partial charge in [0.15, 0.2) is 0 Å². The van der Waals surface area contributed by atoms with Gasteiger partial charge in [0.25, 0.3) is 5.91 Å². The Balaban J connectivity index is 1.74. The van der Waals surface area contributed by atoms with Gasteiger partial charge in [0.05, 0.1) is 23.1 Å². The predicted octanol–water partition coefficient (Wildman–Crippen LogP) is 1.87. The number of carbonyl (C=O) groups excluding carboxylic acids is 1. The van der Waals surface area contributed by atoms with Gasteiger partial charge in [0.1, 0.15) is 10.9 Å². The molecule has 1 aromatic heterocycles. The molecule has 3 heterocycles. The van der Waals surface area contributed by atoms with Gasteiger partial charge in [-0.2, -0.15) is 0 Å². The van der Waals surface area contributed by atoms with Gasteiger partial charge in [-0.05, 0) is 18.2 Å². The molecule has 0 aromatic carbocycles. The van der Waals surface area contributed by atoms with Crippen LogP contribution in [0.5, 0.6) is 0 Å². The first kappa shape index (κ1) is 16.4. The Morgan fingerprint density at radius 3 is 2.83 bits per heavy atom. The largest absolute Gasteiger partial charge is 0.480 e. The highest BCUT2D eigenvalue weighted by Gasteiger charge is 2.33. The van der Waals surface area contributed by atoms with Crippen molar-refractivity contribution < 1.29 is 19.4 Å². The number of carboxylic acid groups (broad SMARTS) is 1. The van der Waals surface area contributed by atoms with Crippen LogP contribution in [0.2, 0.25) is 0 Å². The molecule has 0 saturated carbocycles. The number of carbonyl (C=O) groups is 2. The van der Waals surface area contributed by atoms with Crippen molar-refractivity contribution >= 4 is 62.6 Å². The van der Waals surface area contributed by atoms with E-state index in [1.807, 2.05) is 12.1 Å². The van der Waals surface area contributed by atoms with E-state index in [0.717, 1.165) is 52.8 Å². The molecule has 0 bridgehead atoms. The number of amides is 1. The molecule has 3 rings (SSSR count). The third-order valence-corrected chi connectivity index (χ3v) is 5.85. The highest BCUT2D eigenvalue weighted by molar-refractivity contribution is 8.26. The second-order valence-electron chi connectivity index (χ2n) is 4.94. The van der Waals surface area contributed by atoms with Crippen molar-refractivity contribution in [3.05, 3.63) is 21.9 Å². The number of anilines is 1. The fourth-order valence-electron chi connectivity index (χ4n) is 2.27. The van der Waals surface area contributed by atoms with Crippen LogP contribution >= 0.6 is 35.3 Å². The van der Waals surface area contributed by atoms with E-state index in [1.54, 1.807) is 17.4 Å². The maximum atomic E-state index is 12.2. The van der Waals surface area contributed by atoms with Crippen LogP contribution in [0.25, 0.3) is 6.08 Å². The summed E-state index contributed by atoms with van der Waals surface area (Å²) >= 11 is 7.82. The summed E-state index contributed by atoms with van der Waals surface area (Å²) < 4.78 is 5.63. The summed E-state index contributed by atoms with van der Waals surface area (Å²) in [4.78, 5) is 27.8. The lowest BCUT2D eigenvalue weighted by molar-refractivity contribution is -0.140. The molecule has 23 heavy (non-hydrogen) atoms. The Morgan fingerprint density at radius 2 is 2.13 bits per heavy atom. The van der Waals surface area contributed by atoms with Crippen LogP contribution in [0.4, 0.5) is 5.00 Å². The number of morpholine rings is 1. The summed E-state index contributed by atoms with van der Waals surface area (Å²) in [5, 5.41) is 9.98. The molecule has 0 aliphatic carbocycles. The molecule has 9 heteroatoms. The van der Waals surface area contributed by atoms with E-state index in [2.05, 4.69) is 4.90 Å². The highest BCUT2D eigenvalue weighted by Crippen LogP contribution is 2.35. The zero-order valence-electron chi connectivity index (χ0n) is 12.1. The van der Waals surface area contributed by atoms with E-state index in [4.69, 9.17) is 22.1 Å². The van der Waals surface area contributed by atoms with Crippen LogP contribution in [0, 0.1) is 0 Å². The maximum absolute atomic E-state index is 12.2. The zero-order valence-corrected chi connectivity index (χ0v) is 14.5. The molecule has 0 radical (unpaired) electrons. The van der Waals surface area contributed by atoms with Gasteiger partial charge in [-0.1, -0.05) is 24.0 Å². The summed E-state index contributed by atoms with van der Waals surface area (Å²) in [5.41, 5.74) is 0. The first-order chi connectivity index (χ1) is 11.0. The number of rotatable bonds is 4. The van der Waals surface area contributed by atoms with E-state index in [0.29, 0.717) is 4.91 Å². The van der Waals surface area contributed by atoms with Crippen LogP contribution in [0.3, 0.4) is 0 Å². The van der Waals surface area contributed by atoms with Crippen LogP contribution in [-0.2, 0) is 14.3 Å². The lowest BCUT2D eigenvalue weighted by Gasteiger charge is -2.27. The van der Waals surface area contributed by atoms with Gasteiger partial charge >= 0.3 is 5.97 Å². The van der Waals surface area contributed by atoms with Gasteiger partial charge in [-0.15, -0.1) is 11.3 Å². The Kier molecular flexibility index (Phi) is 5.00. The molecule has 6 nitrogen and oxygen atoms in total. The molecule has 1 N–H and O–H groups in total. The van der Waals surface area contributed by atoms with Crippen molar-refractivity contribution in [2.45, 2.75) is 0 Å². The molecule has 0 unspecified atom stereocenters. The number of hydrogen-bond donors (Lipinski definition) is 1. The summed E-state index contributed by atoms with van der Waals surface area (Å²) in [6, 6.07) is 3.99. The zero-order chi connectivity index (χ0) is 16.4. The molecule has 1 aromatic rings. The SMILES string of the molecule is O=C(O)CN1C(=O)/C(=C\c2ccc(N3CCOCC3)s2)SC1=S. The number of thiocarbonyl (C=S) groups is 1. The molecule has 122 valence electrons. The van der Waals surface area contributed by atoms with Gasteiger partial charge in [0.2, 0.25) is 0 Å². The molecule has 0 spiro atoms. The van der Waals surface area contributed by atoms with Gasteiger partial charge in [-0.25, -0.2) is 0 Å². The van der Waals surface area contributed by atoms with Crippen LogP contribution < -0.4 is 4.90 Å². The second kappa shape index (κ2) is 7.00. The number of hydrogen-bond acceptors (Lipinski definition) is 7. The fourth-order valence-corrected chi connectivity index (χ4v) is 4.60. The Bertz CT molecular complexity index is 679. The molecule has 2 aliphatic rings. The number of carboxylic acids is 1. The topological polar surface area (TPSA) is 70.1 Å². The molecule has 0 atom stereocenters. The van der Waals surface area contributed by atoms with E-state index >= 15 is 0 Å². The Labute approximate surface area is 146 Å². The van der Waals surface area contributed by atoms with E-state index in [1.165, 1.54) is 0 Å². The van der Waals surface area contributed by atoms with Gasteiger partial charge in [-0.3, -0.25) is 14.5 Å². The van der Waals surface area contributed by atoms with E-state index in [9.17, 15) is 9.59 Å². The number of aliphatic carboxylic acids is 1. The number of ether oxygens (including phenoxy) is 1. The summed E-state index contributed by atoms with van der Waals surface area (Å²) in [5.74, 6) is -1.42. The highest BCUT2D eigenvalue weighted by atomic mass is 32.2. The van der Waals surface area contributed by atoms with Crippen molar-refractivity contribution in [2.75, 3.05) is 37.7 Å². The molecule has 1 amide bonds. The summed E-state index contributed by atoms with van der Waals surface area (Å²) in [6.45, 7) is 2.77. The minimum Gasteiger partial charge on any atom is -0.480 e. The van der Waals surface area contributed by atoms with Crippen molar-refractivity contribution in [1.29, 1.82) is 0 Å². The van der Waals surface area contributed by atoms with Crippen LogP contribution in [0.1, 0.15) is 4.88 Å². The third kappa shape index (κ3) is 3.74. The van der Waals surface area contributed by atoms with Crippen LogP contribution in [0.15, 0.2) is 17.0 Å². The molecule has 2 aliphatic heterocycles. The average Bonchev–Trinajstić information content (AvgIpc) is 3.09. The standard InChI is InChI=1S/C14H14N2O4S3/c17-12(18)8-16-13(19)10(23-14(16)21)7-9-1-2-11(22-9)15-3-5-20-6-4-15/h1-2,7H,3-6,8H2,(H,17,18)/b10-7+. The molecule has 2 fully saturated rings. The van der Waals surface area contributed by atoms with Crippen molar-refractivity contribution in [3.8, 4) is 0 Å². The third-order valence-electron chi connectivity index (χ3n) is 3.38. The van der Waals surface area contributed by atoms with Gasteiger partial charge in [0, 0.05) is 18.0 Å². The first-order valence-corrected chi connectivity index (χ1v) is 8.98. The van der Waals surface area contributed by atoms with E-state index < -0.39 is 12.5 Å². The monoisotopic (exact) mass is 370 g/mol. The Hall–Kier alpha value is -1.42. The number of thiophene rings is 1. The second-order valence-corrected chi connectivity index (χ2v) is 7.71. The number of thioether (sulfide) groups is 1. The fraction of sp³-hybridized carbons (Fsp3) is 0.357. The minimum absolute atomic E-state index is 0.286. The Morgan fingerprint density at radius 1 is 1.39 bits per heavy atom. The van der Waals surface area contributed by atoms with E-state index in [-0.39, 0.29) is 10.2 Å².